The predicted molar refractivity (Wildman–Crippen MR) is 146 cm³/mol. The van der Waals surface area contributed by atoms with Crippen molar-refractivity contribution in [1.82, 2.24) is 0 Å². The van der Waals surface area contributed by atoms with Gasteiger partial charge in [-0.05, 0) is 0 Å². The summed E-state index contributed by atoms with van der Waals surface area (Å²) in [6.45, 7) is 11.6. The molecule has 2 unspecified atom stereocenters. The summed E-state index contributed by atoms with van der Waals surface area (Å²) in [5.74, 6) is -2.38. The molecule has 6 rings (SSSR count). The van der Waals surface area contributed by atoms with Crippen molar-refractivity contribution in [3.63, 3.8) is 0 Å². The van der Waals surface area contributed by atoms with Gasteiger partial charge in [-0.1, -0.05) is 0 Å². The van der Waals surface area contributed by atoms with Gasteiger partial charge in [0.2, 0.25) is 0 Å². The second kappa shape index (κ2) is 11.3. The van der Waals surface area contributed by atoms with E-state index in [1.165, 1.54) is 0 Å². The van der Waals surface area contributed by atoms with Crippen molar-refractivity contribution in [2.45, 2.75) is 123 Å². The first kappa shape index (κ1) is 31.3. The van der Waals surface area contributed by atoms with Crippen LogP contribution in [0.3, 0.4) is 0 Å². The van der Waals surface area contributed by atoms with Crippen LogP contribution in [0.25, 0.3) is 0 Å². The van der Waals surface area contributed by atoms with E-state index in [9.17, 15) is 13.0 Å². The van der Waals surface area contributed by atoms with E-state index >= 15 is 0 Å². The van der Waals surface area contributed by atoms with Gasteiger partial charge in [0.05, 0.1) is 0 Å². The molecule has 0 saturated carbocycles. The van der Waals surface area contributed by atoms with Crippen LogP contribution in [0.2, 0.25) is 15.5 Å². The first-order chi connectivity index (χ1) is 19.6. The second-order valence-corrected chi connectivity index (χ2v) is 18.5. The molecule has 236 valence electrons. The SMILES string of the molecule is CC1(C)OC[C@@H]([C@H]2[C@@H]3OC(C)(C)O[C@@H]3C[Se+]2C[C@@H]2OC(c3ccccc3)O[C@H]([C@H]3COC(C)(C)O3)[C@@H]2OS(=O)(=O)[O-])O1. The van der Waals surface area contributed by atoms with Crippen LogP contribution in [-0.2, 0) is 52.5 Å². The van der Waals surface area contributed by atoms with E-state index in [1.807, 2.05) is 58.0 Å². The summed E-state index contributed by atoms with van der Waals surface area (Å²) in [4.78, 5) is -0.0203. The zero-order chi connectivity index (χ0) is 30.1. The number of rotatable bonds is 7. The van der Waals surface area contributed by atoms with E-state index < -0.39 is 72.4 Å². The molecular weight excluding hydrogens is 639 g/mol. The molecule has 5 heterocycles. The van der Waals surface area contributed by atoms with Gasteiger partial charge in [0.25, 0.3) is 0 Å². The average Bonchev–Trinajstić information content (AvgIpc) is 3.59. The number of fused-ring (bicyclic) bond motifs is 1. The molecule has 0 bridgehead atoms. The van der Waals surface area contributed by atoms with E-state index in [4.69, 9.17) is 42.1 Å². The summed E-state index contributed by atoms with van der Waals surface area (Å²) in [7, 11) is -5.13. The third-order valence-electron chi connectivity index (χ3n) is 8.05. The zero-order valence-corrected chi connectivity index (χ0v) is 27.2. The fraction of sp³-hybridized carbons (Fsp3) is 0.786. The quantitative estimate of drug-likeness (QED) is 0.238. The molecule has 1 aromatic carbocycles. The molecule has 42 heavy (non-hydrogen) atoms. The van der Waals surface area contributed by atoms with Crippen molar-refractivity contribution in [3.8, 4) is 0 Å². The molecule has 5 aliphatic rings. The van der Waals surface area contributed by atoms with Gasteiger partial charge in [-0.3, -0.25) is 0 Å². The Balaban J connectivity index is 1.33. The van der Waals surface area contributed by atoms with Gasteiger partial charge in [-0.25, -0.2) is 0 Å². The van der Waals surface area contributed by atoms with Gasteiger partial charge in [0.1, 0.15) is 0 Å². The topological polar surface area (TPSA) is 140 Å². The average molecular weight is 680 g/mol. The molecule has 1 aromatic rings. The molecule has 0 amide bonds. The van der Waals surface area contributed by atoms with Crippen molar-refractivity contribution in [1.29, 1.82) is 0 Å². The molecule has 5 aliphatic heterocycles. The fourth-order valence-corrected chi connectivity index (χ4v) is 13.6. The number of ether oxygens (including phenoxy) is 8. The normalized spacial score (nSPS) is 42.5. The molecule has 0 N–H and O–H groups in total. The first-order valence-electron chi connectivity index (χ1n) is 14.2. The van der Waals surface area contributed by atoms with Crippen LogP contribution >= 0.6 is 0 Å². The summed E-state index contributed by atoms with van der Waals surface area (Å²) < 4.78 is 91.1. The Labute approximate surface area is 251 Å². The number of hydrogen-bond acceptors (Lipinski definition) is 12. The molecule has 0 spiro atoms. The Morgan fingerprint density at radius 1 is 0.833 bits per heavy atom. The molecule has 5 fully saturated rings. The van der Waals surface area contributed by atoms with Crippen LogP contribution in [0.4, 0.5) is 0 Å². The van der Waals surface area contributed by atoms with Gasteiger partial charge in [0.15, 0.2) is 0 Å². The van der Waals surface area contributed by atoms with Gasteiger partial charge in [-0.15, -0.1) is 0 Å². The molecule has 14 heteroatoms. The minimum atomic E-state index is -5.13. The summed E-state index contributed by atoms with van der Waals surface area (Å²) in [5, 5.41) is 1.19. The van der Waals surface area contributed by atoms with Gasteiger partial charge < -0.3 is 0 Å². The standard InChI is InChI=1S/C28H40O12SSe/c1-26(2)32-12-17(36-26)21-22(40-41(29,30)31)19(34-25(35-21)16-10-8-7-9-11-16)14-42-15-20-23(39-28(5,6)38-20)24(42)18-13-33-27(3,4)37-18/h7-11,17-25H,12-15H2,1-6H3/t17-,18+,19+,20-,21-,22-,23-,24+,25?,42?/m1/s1. The molecule has 0 aliphatic carbocycles. The summed E-state index contributed by atoms with van der Waals surface area (Å²) in [5.41, 5.74) is 0.747. The van der Waals surface area contributed by atoms with Gasteiger partial charge in [0, 0.05) is 0 Å². The van der Waals surface area contributed by atoms with Crippen molar-refractivity contribution < 1.29 is 55.0 Å². The van der Waals surface area contributed by atoms with E-state index in [0.717, 1.165) is 10.9 Å². The molecule has 0 radical (unpaired) electrons. The maximum atomic E-state index is 12.1. The molecule has 5 saturated heterocycles. The summed E-state index contributed by atoms with van der Waals surface area (Å²) in [6, 6.07) is 9.36. The zero-order valence-electron chi connectivity index (χ0n) is 24.6. The Morgan fingerprint density at radius 2 is 1.45 bits per heavy atom. The summed E-state index contributed by atoms with van der Waals surface area (Å²) in [6.07, 6.45) is -5.13. The van der Waals surface area contributed by atoms with Gasteiger partial charge in [-0.2, -0.15) is 0 Å². The van der Waals surface area contributed by atoms with E-state index in [1.54, 1.807) is 13.8 Å². The van der Waals surface area contributed by atoms with E-state index in [-0.39, 0.29) is 29.7 Å². The van der Waals surface area contributed by atoms with Crippen LogP contribution in [0.1, 0.15) is 53.4 Å². The Bertz CT molecular complexity index is 1230. The van der Waals surface area contributed by atoms with Crippen molar-refractivity contribution >= 4 is 24.3 Å². The van der Waals surface area contributed by atoms with Crippen molar-refractivity contribution in [2.24, 2.45) is 0 Å². The molecule has 12 nitrogen and oxygen atoms in total. The van der Waals surface area contributed by atoms with Crippen LogP contribution in [0.15, 0.2) is 30.3 Å². The number of hydrogen-bond donors (Lipinski definition) is 0. The molecule has 0 aromatic heterocycles. The monoisotopic (exact) mass is 680 g/mol. The molecular formula is C28H40O12SSe. The van der Waals surface area contributed by atoms with Crippen LogP contribution in [0, 0.1) is 0 Å². The van der Waals surface area contributed by atoms with Crippen LogP contribution in [-0.4, -0.2) is 100 Å². The Kier molecular flexibility index (Phi) is 8.39. The first-order valence-corrected chi connectivity index (χ1v) is 19.0. The maximum absolute atomic E-state index is 12.1. The molecule has 10 atom stereocenters. The van der Waals surface area contributed by atoms with Crippen LogP contribution < -0.4 is 0 Å². The third kappa shape index (κ3) is 6.76. The predicted octanol–water partition coefficient (Wildman–Crippen LogP) is 3.02. The van der Waals surface area contributed by atoms with Crippen molar-refractivity contribution in [3.05, 3.63) is 35.9 Å². The Hall–Kier alpha value is -0.711. The van der Waals surface area contributed by atoms with Crippen molar-refractivity contribution in [2.75, 3.05) is 13.2 Å². The third-order valence-corrected chi connectivity index (χ3v) is 14.5. The van der Waals surface area contributed by atoms with E-state index in [0.29, 0.717) is 11.9 Å². The van der Waals surface area contributed by atoms with Gasteiger partial charge >= 0.3 is 252 Å². The fourth-order valence-electron chi connectivity index (χ4n) is 6.51. The summed E-state index contributed by atoms with van der Waals surface area (Å²) >= 11 is -1.74. The Morgan fingerprint density at radius 3 is 2.05 bits per heavy atom. The number of benzene rings is 1. The second-order valence-electron chi connectivity index (χ2n) is 12.7. The van der Waals surface area contributed by atoms with E-state index in [2.05, 4.69) is 0 Å². The van der Waals surface area contributed by atoms with Crippen LogP contribution in [0.5, 0.6) is 0 Å². The minimum absolute atomic E-state index is 0.0203.